The van der Waals surface area contributed by atoms with Gasteiger partial charge in [-0.3, -0.25) is 5.10 Å². The summed E-state index contributed by atoms with van der Waals surface area (Å²) in [7, 11) is 0. The van der Waals surface area contributed by atoms with Gasteiger partial charge in [-0.15, -0.1) is 0 Å². The average Bonchev–Trinajstić information content (AvgIpc) is 2.58. The van der Waals surface area contributed by atoms with E-state index < -0.39 is 0 Å². The van der Waals surface area contributed by atoms with Crippen LogP contribution in [0.5, 0.6) is 0 Å². The average molecular weight is 167 g/mol. The SMILES string of the molecule is OC1CCN(c2cc[nH]n2)CC1. The maximum atomic E-state index is 9.27. The Bertz CT molecular complexity index is 226. The van der Waals surface area contributed by atoms with Gasteiger partial charge in [-0.05, 0) is 12.8 Å². The van der Waals surface area contributed by atoms with Gasteiger partial charge >= 0.3 is 0 Å². The van der Waals surface area contributed by atoms with Gasteiger partial charge < -0.3 is 10.0 Å². The Kier molecular flexibility index (Phi) is 1.99. The number of hydrogen-bond donors (Lipinski definition) is 2. The number of aromatic nitrogens is 2. The predicted octanol–water partition coefficient (Wildman–Crippen LogP) is 0.371. The Balaban J connectivity index is 1.99. The maximum absolute atomic E-state index is 9.27. The molecule has 0 spiro atoms. The first-order valence-corrected chi connectivity index (χ1v) is 4.29. The molecule has 0 amide bonds. The van der Waals surface area contributed by atoms with Crippen molar-refractivity contribution in [3.63, 3.8) is 0 Å². The van der Waals surface area contributed by atoms with Crippen molar-refractivity contribution in [2.75, 3.05) is 18.0 Å². The first kappa shape index (κ1) is 7.61. The summed E-state index contributed by atoms with van der Waals surface area (Å²) in [6.45, 7) is 1.82. The Labute approximate surface area is 71.2 Å². The Morgan fingerprint density at radius 1 is 1.50 bits per heavy atom. The van der Waals surface area contributed by atoms with Crippen molar-refractivity contribution in [2.45, 2.75) is 18.9 Å². The van der Waals surface area contributed by atoms with Crippen molar-refractivity contribution in [1.82, 2.24) is 10.2 Å². The summed E-state index contributed by atoms with van der Waals surface area (Å²) in [4.78, 5) is 2.18. The molecular formula is C8H13N3O. The fraction of sp³-hybridized carbons (Fsp3) is 0.625. The zero-order valence-corrected chi connectivity index (χ0v) is 6.90. The van der Waals surface area contributed by atoms with Gasteiger partial charge in [-0.25, -0.2) is 0 Å². The maximum Gasteiger partial charge on any atom is 0.150 e. The summed E-state index contributed by atoms with van der Waals surface area (Å²) in [5.41, 5.74) is 0. The zero-order chi connectivity index (χ0) is 8.39. The van der Waals surface area contributed by atoms with Gasteiger partial charge in [-0.2, -0.15) is 5.10 Å². The topological polar surface area (TPSA) is 52.1 Å². The molecule has 0 saturated carbocycles. The molecule has 4 heteroatoms. The molecule has 1 aliphatic rings. The number of anilines is 1. The minimum atomic E-state index is -0.111. The summed E-state index contributed by atoms with van der Waals surface area (Å²) < 4.78 is 0. The first-order valence-electron chi connectivity index (χ1n) is 4.29. The number of nitrogens with zero attached hydrogens (tertiary/aromatic N) is 2. The van der Waals surface area contributed by atoms with E-state index in [0.717, 1.165) is 31.7 Å². The van der Waals surface area contributed by atoms with Gasteiger partial charge in [0.15, 0.2) is 0 Å². The van der Waals surface area contributed by atoms with Crippen LogP contribution in [0.1, 0.15) is 12.8 Å². The van der Waals surface area contributed by atoms with Crippen molar-refractivity contribution in [1.29, 1.82) is 0 Å². The standard InChI is InChI=1S/C8H13N3O/c12-7-2-5-11(6-3-7)8-1-4-9-10-8/h1,4,7,12H,2-3,5-6H2,(H,9,10). The fourth-order valence-corrected chi connectivity index (χ4v) is 1.52. The highest BCUT2D eigenvalue weighted by atomic mass is 16.3. The Morgan fingerprint density at radius 2 is 2.25 bits per heavy atom. The van der Waals surface area contributed by atoms with Crippen LogP contribution >= 0.6 is 0 Å². The van der Waals surface area contributed by atoms with E-state index >= 15 is 0 Å². The van der Waals surface area contributed by atoms with Crippen LogP contribution in [0.15, 0.2) is 12.3 Å². The predicted molar refractivity (Wildman–Crippen MR) is 46.0 cm³/mol. The first-order chi connectivity index (χ1) is 5.86. The highest BCUT2D eigenvalue weighted by Crippen LogP contribution is 2.16. The van der Waals surface area contributed by atoms with E-state index in [1.54, 1.807) is 0 Å². The molecule has 0 radical (unpaired) electrons. The summed E-state index contributed by atoms with van der Waals surface area (Å²) in [6.07, 6.45) is 3.42. The van der Waals surface area contributed by atoms with E-state index in [-0.39, 0.29) is 6.10 Å². The van der Waals surface area contributed by atoms with Gasteiger partial charge in [0.05, 0.1) is 6.10 Å². The molecule has 0 aromatic carbocycles. The number of H-pyrrole nitrogens is 1. The third-order valence-corrected chi connectivity index (χ3v) is 2.27. The van der Waals surface area contributed by atoms with Crippen molar-refractivity contribution in [3.05, 3.63) is 12.3 Å². The molecule has 1 aromatic heterocycles. The Morgan fingerprint density at radius 3 is 2.83 bits per heavy atom. The summed E-state index contributed by atoms with van der Waals surface area (Å²) in [6, 6.07) is 1.96. The number of hydrogen-bond acceptors (Lipinski definition) is 3. The minimum absolute atomic E-state index is 0.111. The second-order valence-corrected chi connectivity index (χ2v) is 3.15. The van der Waals surface area contributed by atoms with Gasteiger partial charge in [0.25, 0.3) is 0 Å². The molecule has 1 fully saturated rings. The molecule has 12 heavy (non-hydrogen) atoms. The van der Waals surface area contributed by atoms with E-state index in [9.17, 15) is 5.11 Å². The van der Waals surface area contributed by atoms with E-state index in [4.69, 9.17) is 0 Å². The highest BCUT2D eigenvalue weighted by Gasteiger charge is 2.17. The van der Waals surface area contributed by atoms with Gasteiger partial charge in [-0.1, -0.05) is 0 Å². The molecule has 2 N–H and O–H groups in total. The van der Waals surface area contributed by atoms with E-state index in [0.29, 0.717) is 0 Å². The van der Waals surface area contributed by atoms with E-state index in [1.165, 1.54) is 0 Å². The molecule has 2 rings (SSSR count). The van der Waals surface area contributed by atoms with Crippen LogP contribution in [-0.4, -0.2) is 34.5 Å². The number of aliphatic hydroxyl groups excluding tert-OH is 1. The van der Waals surface area contributed by atoms with E-state index in [2.05, 4.69) is 15.1 Å². The summed E-state index contributed by atoms with van der Waals surface area (Å²) >= 11 is 0. The van der Waals surface area contributed by atoms with Crippen LogP contribution in [0.3, 0.4) is 0 Å². The van der Waals surface area contributed by atoms with Crippen molar-refractivity contribution < 1.29 is 5.11 Å². The lowest BCUT2D eigenvalue weighted by molar-refractivity contribution is 0.145. The number of aliphatic hydroxyl groups is 1. The quantitative estimate of drug-likeness (QED) is 0.635. The molecular weight excluding hydrogens is 154 g/mol. The summed E-state index contributed by atoms with van der Waals surface area (Å²) in [5.74, 6) is 0.988. The van der Waals surface area contributed by atoms with Gasteiger partial charge in [0.1, 0.15) is 5.82 Å². The largest absolute Gasteiger partial charge is 0.393 e. The number of rotatable bonds is 1. The molecule has 66 valence electrons. The molecule has 1 aliphatic heterocycles. The minimum Gasteiger partial charge on any atom is -0.393 e. The van der Waals surface area contributed by atoms with Gasteiger partial charge in [0, 0.05) is 25.4 Å². The number of aromatic amines is 1. The number of nitrogens with one attached hydrogen (secondary N) is 1. The smallest absolute Gasteiger partial charge is 0.150 e. The zero-order valence-electron chi connectivity index (χ0n) is 6.90. The highest BCUT2D eigenvalue weighted by molar-refractivity contribution is 5.36. The molecule has 0 bridgehead atoms. The molecule has 0 aliphatic carbocycles. The monoisotopic (exact) mass is 167 g/mol. The molecule has 1 aromatic rings. The van der Waals surface area contributed by atoms with Crippen LogP contribution in [0.2, 0.25) is 0 Å². The Hall–Kier alpha value is -1.03. The van der Waals surface area contributed by atoms with Crippen molar-refractivity contribution in [2.24, 2.45) is 0 Å². The normalized spacial score (nSPS) is 19.9. The molecule has 0 unspecified atom stereocenters. The molecule has 1 saturated heterocycles. The fourth-order valence-electron chi connectivity index (χ4n) is 1.52. The molecule has 4 nitrogen and oxygen atoms in total. The third-order valence-electron chi connectivity index (χ3n) is 2.27. The van der Waals surface area contributed by atoms with Crippen molar-refractivity contribution in [3.8, 4) is 0 Å². The summed E-state index contributed by atoms with van der Waals surface area (Å²) in [5, 5.41) is 16.1. The number of piperidine rings is 1. The second-order valence-electron chi connectivity index (χ2n) is 3.15. The van der Waals surface area contributed by atoms with Gasteiger partial charge in [0.2, 0.25) is 0 Å². The molecule has 2 heterocycles. The lowest BCUT2D eigenvalue weighted by Crippen LogP contribution is -2.35. The lowest BCUT2D eigenvalue weighted by Gasteiger charge is -2.29. The van der Waals surface area contributed by atoms with Crippen LogP contribution in [0, 0.1) is 0 Å². The van der Waals surface area contributed by atoms with Crippen LogP contribution < -0.4 is 4.90 Å². The van der Waals surface area contributed by atoms with E-state index in [1.807, 2.05) is 12.3 Å². The van der Waals surface area contributed by atoms with Crippen LogP contribution in [-0.2, 0) is 0 Å². The van der Waals surface area contributed by atoms with Crippen LogP contribution in [0.25, 0.3) is 0 Å². The molecule has 0 atom stereocenters. The van der Waals surface area contributed by atoms with Crippen LogP contribution in [0.4, 0.5) is 5.82 Å². The van der Waals surface area contributed by atoms with Crippen molar-refractivity contribution >= 4 is 5.82 Å². The second kappa shape index (κ2) is 3.15. The third kappa shape index (κ3) is 1.43. The lowest BCUT2D eigenvalue weighted by atomic mass is 10.1.